The van der Waals surface area contributed by atoms with Crippen molar-refractivity contribution in [2.24, 2.45) is 0 Å². The predicted octanol–water partition coefficient (Wildman–Crippen LogP) is 4.70. The molecule has 0 aliphatic carbocycles. The van der Waals surface area contributed by atoms with E-state index in [9.17, 15) is 0 Å². The van der Waals surface area contributed by atoms with Crippen molar-refractivity contribution in [1.82, 2.24) is 4.98 Å². The summed E-state index contributed by atoms with van der Waals surface area (Å²) in [5.74, 6) is 0.964. The first-order chi connectivity index (χ1) is 15.5. The average Bonchev–Trinajstić information content (AvgIpc) is 2.80. The summed E-state index contributed by atoms with van der Waals surface area (Å²) in [4.78, 5) is 6.46. The number of ether oxygens (including phenoxy) is 2. The van der Waals surface area contributed by atoms with Crippen LogP contribution in [0.4, 0.5) is 11.5 Å². The van der Waals surface area contributed by atoms with Crippen molar-refractivity contribution in [3.63, 3.8) is 0 Å². The Kier molecular flexibility index (Phi) is 17.5. The lowest BCUT2D eigenvalue weighted by atomic mass is 10.2. The number of hydrogen-bond acceptors (Lipinski definition) is 7. The first-order valence-corrected chi connectivity index (χ1v) is 11.4. The number of aliphatic hydroxyl groups excluding tert-OH is 1. The Bertz CT molecular complexity index is 735. The molecular formula is C25H42N4O3. The van der Waals surface area contributed by atoms with Crippen molar-refractivity contribution in [2.75, 3.05) is 50.2 Å². The third-order valence-corrected chi connectivity index (χ3v) is 4.08. The number of benzene rings is 1. The van der Waals surface area contributed by atoms with Gasteiger partial charge < -0.3 is 30.6 Å². The minimum atomic E-state index is 0.0175. The van der Waals surface area contributed by atoms with E-state index in [0.717, 1.165) is 37.2 Å². The van der Waals surface area contributed by atoms with Crippen LogP contribution in [0.2, 0.25) is 0 Å². The molecule has 0 radical (unpaired) electrons. The van der Waals surface area contributed by atoms with Gasteiger partial charge in [-0.3, -0.25) is 0 Å². The number of aromatic nitrogens is 1. The second-order valence-electron chi connectivity index (χ2n) is 6.82. The zero-order chi connectivity index (χ0) is 24.2. The van der Waals surface area contributed by atoms with Crippen molar-refractivity contribution >= 4 is 17.7 Å². The second-order valence-corrected chi connectivity index (χ2v) is 6.82. The molecule has 1 aromatic heterocycles. The maximum absolute atomic E-state index is 8.62. The monoisotopic (exact) mass is 446 g/mol. The van der Waals surface area contributed by atoms with Gasteiger partial charge in [0.05, 0.1) is 19.8 Å². The molecule has 180 valence electrons. The lowest BCUT2D eigenvalue weighted by molar-refractivity contribution is 0.0695. The number of aryl methyl sites for hydroxylation is 1. The van der Waals surface area contributed by atoms with Gasteiger partial charge in [0, 0.05) is 37.1 Å². The van der Waals surface area contributed by atoms with Crippen LogP contribution in [-0.2, 0) is 4.74 Å². The highest BCUT2D eigenvalue weighted by Gasteiger charge is 2.08. The number of pyridine rings is 1. The van der Waals surface area contributed by atoms with E-state index in [1.807, 2.05) is 57.2 Å². The molecule has 1 aromatic carbocycles. The quantitative estimate of drug-likeness (QED) is 0.322. The SMILES string of the molecule is CC.CCCN(CCC)c1cc(N)nc(OCCOCCO)c1.Cc1cccc(C=N)c1. The first kappa shape index (κ1) is 29.4. The van der Waals surface area contributed by atoms with Crippen LogP contribution in [0.15, 0.2) is 36.4 Å². The van der Waals surface area contributed by atoms with E-state index < -0.39 is 0 Å². The van der Waals surface area contributed by atoms with Crippen molar-refractivity contribution in [2.45, 2.75) is 47.5 Å². The van der Waals surface area contributed by atoms with Gasteiger partial charge in [0.25, 0.3) is 0 Å². The van der Waals surface area contributed by atoms with Crippen molar-refractivity contribution < 1.29 is 14.6 Å². The van der Waals surface area contributed by atoms with Gasteiger partial charge in [0.15, 0.2) is 0 Å². The number of nitrogens with zero attached hydrogens (tertiary/aromatic N) is 2. The number of rotatable bonds is 12. The molecule has 0 bridgehead atoms. The van der Waals surface area contributed by atoms with E-state index in [0.29, 0.717) is 31.5 Å². The molecular weight excluding hydrogens is 404 g/mol. The molecule has 0 saturated heterocycles. The van der Waals surface area contributed by atoms with Crippen molar-refractivity contribution in [3.8, 4) is 5.88 Å². The number of hydrogen-bond donors (Lipinski definition) is 3. The molecule has 2 rings (SSSR count). The van der Waals surface area contributed by atoms with Crippen molar-refractivity contribution in [1.29, 1.82) is 5.41 Å². The number of anilines is 2. The fraction of sp³-hybridized carbons (Fsp3) is 0.520. The summed E-state index contributed by atoms with van der Waals surface area (Å²) in [7, 11) is 0. The van der Waals surface area contributed by atoms with Crippen LogP contribution in [0, 0.1) is 12.3 Å². The highest BCUT2D eigenvalue weighted by molar-refractivity contribution is 5.76. The van der Waals surface area contributed by atoms with E-state index in [-0.39, 0.29) is 6.61 Å². The van der Waals surface area contributed by atoms with Crippen LogP contribution in [-0.4, -0.2) is 55.8 Å². The van der Waals surface area contributed by atoms with E-state index in [4.69, 9.17) is 25.7 Å². The normalized spacial score (nSPS) is 9.69. The van der Waals surface area contributed by atoms with E-state index in [2.05, 4.69) is 23.7 Å². The molecule has 0 atom stereocenters. The summed E-state index contributed by atoms with van der Waals surface area (Å²) in [6.45, 7) is 13.4. The highest BCUT2D eigenvalue weighted by atomic mass is 16.5. The number of nitrogens with two attached hydrogens (primary N) is 1. The number of nitrogens with one attached hydrogen (secondary N) is 1. The Balaban J connectivity index is 0.000000723. The fourth-order valence-electron chi connectivity index (χ4n) is 2.81. The standard InChI is InChI=1S/C15H27N3O3.C8H9N.C2H6/c1-3-5-18(6-4-2)13-11-14(16)17-15(12-13)21-10-9-20-8-7-19;1-7-3-2-4-8(5-7)6-9;1-2/h11-12,19H,3-10H2,1-2H3,(H2,16,17);2-6,9H,1H3;1-2H3. The second kappa shape index (κ2) is 19.1. The van der Waals surface area contributed by atoms with Crippen LogP contribution >= 0.6 is 0 Å². The van der Waals surface area contributed by atoms with Crippen LogP contribution in [0.1, 0.15) is 51.7 Å². The zero-order valence-electron chi connectivity index (χ0n) is 20.4. The van der Waals surface area contributed by atoms with Gasteiger partial charge in [-0.25, -0.2) is 0 Å². The number of aliphatic hydroxyl groups is 1. The van der Waals surface area contributed by atoms with Crippen LogP contribution < -0.4 is 15.4 Å². The van der Waals surface area contributed by atoms with Gasteiger partial charge in [-0.1, -0.05) is 57.5 Å². The molecule has 0 aliphatic heterocycles. The van der Waals surface area contributed by atoms with Gasteiger partial charge in [-0.05, 0) is 25.3 Å². The molecule has 0 amide bonds. The minimum Gasteiger partial charge on any atom is -0.475 e. The third kappa shape index (κ3) is 12.9. The average molecular weight is 447 g/mol. The largest absolute Gasteiger partial charge is 0.475 e. The Morgan fingerprint density at radius 1 is 1.06 bits per heavy atom. The Hall–Kier alpha value is -2.64. The summed E-state index contributed by atoms with van der Waals surface area (Å²) < 4.78 is 10.7. The van der Waals surface area contributed by atoms with Crippen LogP contribution in [0.3, 0.4) is 0 Å². The third-order valence-electron chi connectivity index (χ3n) is 4.08. The molecule has 7 heteroatoms. The Morgan fingerprint density at radius 2 is 1.75 bits per heavy atom. The smallest absolute Gasteiger partial charge is 0.217 e. The maximum atomic E-state index is 8.62. The van der Waals surface area contributed by atoms with Crippen LogP contribution in [0.25, 0.3) is 0 Å². The number of nitrogen functional groups attached to an aromatic ring is 1. The summed E-state index contributed by atoms with van der Waals surface area (Å²) in [5, 5.41) is 15.5. The molecule has 32 heavy (non-hydrogen) atoms. The molecule has 1 heterocycles. The van der Waals surface area contributed by atoms with Gasteiger partial charge in [0.1, 0.15) is 12.4 Å². The van der Waals surface area contributed by atoms with Gasteiger partial charge >= 0.3 is 0 Å². The predicted molar refractivity (Wildman–Crippen MR) is 135 cm³/mol. The summed E-state index contributed by atoms with van der Waals surface area (Å²) in [6.07, 6.45) is 3.51. The molecule has 4 N–H and O–H groups in total. The summed E-state index contributed by atoms with van der Waals surface area (Å²) in [6, 6.07) is 11.7. The lowest BCUT2D eigenvalue weighted by Gasteiger charge is -2.24. The molecule has 0 fully saturated rings. The maximum Gasteiger partial charge on any atom is 0.217 e. The topological polar surface area (TPSA) is 105 Å². The van der Waals surface area contributed by atoms with E-state index in [1.54, 1.807) is 0 Å². The Labute approximate surface area is 194 Å². The molecule has 2 aromatic rings. The van der Waals surface area contributed by atoms with Crippen molar-refractivity contribution in [3.05, 3.63) is 47.5 Å². The van der Waals surface area contributed by atoms with Gasteiger partial charge in [-0.15, -0.1) is 0 Å². The first-order valence-electron chi connectivity index (χ1n) is 11.4. The van der Waals surface area contributed by atoms with E-state index in [1.165, 1.54) is 11.8 Å². The van der Waals surface area contributed by atoms with E-state index >= 15 is 0 Å². The zero-order valence-corrected chi connectivity index (χ0v) is 20.4. The molecule has 7 nitrogen and oxygen atoms in total. The lowest BCUT2D eigenvalue weighted by Crippen LogP contribution is -2.25. The fourth-order valence-corrected chi connectivity index (χ4v) is 2.81. The molecule has 0 spiro atoms. The minimum absolute atomic E-state index is 0.0175. The van der Waals surface area contributed by atoms with Gasteiger partial charge in [0.2, 0.25) is 5.88 Å². The summed E-state index contributed by atoms with van der Waals surface area (Å²) >= 11 is 0. The van der Waals surface area contributed by atoms with Gasteiger partial charge in [-0.2, -0.15) is 4.98 Å². The summed E-state index contributed by atoms with van der Waals surface area (Å²) in [5.41, 5.74) is 9.07. The molecule has 0 saturated carbocycles. The molecule has 0 unspecified atom stereocenters. The van der Waals surface area contributed by atoms with Crippen LogP contribution in [0.5, 0.6) is 5.88 Å². The molecule has 0 aliphatic rings. The highest BCUT2D eigenvalue weighted by Crippen LogP contribution is 2.23. The Morgan fingerprint density at radius 3 is 2.28 bits per heavy atom.